The summed E-state index contributed by atoms with van der Waals surface area (Å²) in [6.45, 7) is 0.535. The first-order chi connectivity index (χ1) is 14.8. The summed E-state index contributed by atoms with van der Waals surface area (Å²) in [5, 5.41) is 6.96. The summed E-state index contributed by atoms with van der Waals surface area (Å²) < 4.78 is 27.2. The topological polar surface area (TPSA) is 115 Å². The molecular formula is C21H25N5O4S. The summed E-state index contributed by atoms with van der Waals surface area (Å²) in [5.41, 5.74) is 2.85. The third kappa shape index (κ3) is 4.54. The van der Waals surface area contributed by atoms with E-state index in [1.165, 1.54) is 38.6 Å². The molecule has 1 aromatic carbocycles. The average Bonchev–Trinajstić information content (AvgIpc) is 3.40. The number of benzene rings is 1. The van der Waals surface area contributed by atoms with Crippen LogP contribution < -0.4 is 9.62 Å². The highest BCUT2D eigenvalue weighted by Crippen LogP contribution is 2.38. The van der Waals surface area contributed by atoms with Gasteiger partial charge in [0.05, 0.1) is 17.6 Å². The minimum atomic E-state index is -3.95. The number of aromatic amines is 1. The molecule has 0 spiro atoms. The Morgan fingerprint density at radius 3 is 2.71 bits per heavy atom. The van der Waals surface area contributed by atoms with Crippen LogP contribution in [-0.4, -0.2) is 55.4 Å². The third-order valence-corrected chi connectivity index (χ3v) is 6.96. The highest BCUT2D eigenvalue weighted by atomic mass is 32.2. The fourth-order valence-electron chi connectivity index (χ4n) is 3.63. The van der Waals surface area contributed by atoms with Crippen molar-refractivity contribution in [3.05, 3.63) is 47.7 Å². The van der Waals surface area contributed by atoms with Gasteiger partial charge in [-0.3, -0.25) is 14.7 Å². The van der Waals surface area contributed by atoms with Gasteiger partial charge in [0.25, 0.3) is 11.8 Å². The van der Waals surface area contributed by atoms with E-state index in [2.05, 4.69) is 10.2 Å². The molecule has 0 atom stereocenters. The van der Waals surface area contributed by atoms with Crippen LogP contribution in [-0.2, 0) is 15.0 Å². The van der Waals surface area contributed by atoms with Crippen LogP contribution >= 0.6 is 0 Å². The van der Waals surface area contributed by atoms with E-state index >= 15 is 0 Å². The fraction of sp³-hybridized carbons (Fsp3) is 0.381. The van der Waals surface area contributed by atoms with Gasteiger partial charge in [0, 0.05) is 37.8 Å². The lowest BCUT2D eigenvalue weighted by Gasteiger charge is -2.26. The number of amides is 2. The molecule has 1 aromatic heterocycles. The number of nitrogens with one attached hydrogen (secondary N) is 2. The predicted octanol–water partition coefficient (Wildman–Crippen LogP) is 2.08. The molecule has 2 aliphatic rings. The van der Waals surface area contributed by atoms with E-state index in [1.54, 1.807) is 35.4 Å². The summed E-state index contributed by atoms with van der Waals surface area (Å²) >= 11 is 0. The Morgan fingerprint density at radius 2 is 2.03 bits per heavy atom. The average molecular weight is 444 g/mol. The van der Waals surface area contributed by atoms with Crippen LogP contribution in [0.1, 0.15) is 36.0 Å². The SMILES string of the molecule is CN(C)S(=O)(=O)NC(=O)c1ccccc1-c1[nH]ncc1N1CCC(CC2CC2)=CC1=O. The molecule has 164 valence electrons. The van der Waals surface area contributed by atoms with Crippen LogP contribution in [0.5, 0.6) is 0 Å². The number of hydrogen-bond acceptors (Lipinski definition) is 5. The molecule has 2 aromatic rings. The number of aromatic nitrogens is 2. The maximum Gasteiger partial charge on any atom is 0.303 e. The Morgan fingerprint density at radius 1 is 1.29 bits per heavy atom. The van der Waals surface area contributed by atoms with Crippen molar-refractivity contribution >= 4 is 27.7 Å². The summed E-state index contributed by atoms with van der Waals surface area (Å²) in [6, 6.07) is 6.61. The molecule has 10 heteroatoms. The van der Waals surface area contributed by atoms with Crippen molar-refractivity contribution in [2.24, 2.45) is 5.92 Å². The van der Waals surface area contributed by atoms with Gasteiger partial charge < -0.3 is 4.90 Å². The van der Waals surface area contributed by atoms with E-state index in [0.29, 0.717) is 23.5 Å². The quantitative estimate of drug-likeness (QED) is 0.680. The summed E-state index contributed by atoms with van der Waals surface area (Å²) in [6.07, 6.45) is 7.53. The van der Waals surface area contributed by atoms with E-state index < -0.39 is 16.1 Å². The van der Waals surface area contributed by atoms with E-state index in [0.717, 1.165) is 23.1 Å². The number of H-pyrrole nitrogens is 1. The largest absolute Gasteiger partial charge is 0.305 e. The van der Waals surface area contributed by atoms with Crippen LogP contribution in [0.25, 0.3) is 11.3 Å². The fourth-order valence-corrected chi connectivity index (χ4v) is 4.16. The van der Waals surface area contributed by atoms with Gasteiger partial charge >= 0.3 is 10.2 Å². The maximum absolute atomic E-state index is 12.8. The van der Waals surface area contributed by atoms with Gasteiger partial charge in [0.15, 0.2) is 0 Å². The molecule has 0 saturated heterocycles. The predicted molar refractivity (Wildman–Crippen MR) is 116 cm³/mol. The van der Waals surface area contributed by atoms with Gasteiger partial charge in [0.2, 0.25) is 0 Å². The minimum absolute atomic E-state index is 0.110. The van der Waals surface area contributed by atoms with Crippen LogP contribution in [0.3, 0.4) is 0 Å². The molecule has 2 N–H and O–H groups in total. The highest BCUT2D eigenvalue weighted by molar-refractivity contribution is 7.87. The minimum Gasteiger partial charge on any atom is -0.305 e. The Balaban J connectivity index is 1.63. The van der Waals surface area contributed by atoms with Gasteiger partial charge in [-0.15, -0.1) is 0 Å². The molecule has 0 bridgehead atoms. The van der Waals surface area contributed by atoms with Gasteiger partial charge in [0.1, 0.15) is 0 Å². The second-order valence-electron chi connectivity index (χ2n) is 8.08. The van der Waals surface area contributed by atoms with Crippen molar-refractivity contribution in [1.29, 1.82) is 0 Å². The number of carbonyl (C=O) groups excluding carboxylic acids is 2. The molecule has 1 fully saturated rings. The number of rotatable bonds is 7. The molecule has 31 heavy (non-hydrogen) atoms. The molecule has 2 heterocycles. The van der Waals surface area contributed by atoms with Crippen LogP contribution in [0.15, 0.2) is 42.1 Å². The Labute approximate surface area is 181 Å². The Bertz CT molecular complexity index is 1150. The molecule has 2 amide bonds. The first-order valence-electron chi connectivity index (χ1n) is 10.1. The molecule has 0 radical (unpaired) electrons. The van der Waals surface area contributed by atoms with Crippen LogP contribution in [0, 0.1) is 5.92 Å². The standard InChI is InChI=1S/C21H25N5O4S/c1-25(2)31(29,30)24-21(28)17-6-4-3-5-16(17)20-18(13-22-23-20)26-10-9-15(12-19(26)27)11-14-7-8-14/h3-6,12-14H,7-11H2,1-2H3,(H,22,23)(H,24,28). The molecule has 4 rings (SSSR count). The summed E-state index contributed by atoms with van der Waals surface area (Å²) in [5.74, 6) is -0.151. The smallest absolute Gasteiger partial charge is 0.303 e. The van der Waals surface area contributed by atoms with Gasteiger partial charge in [-0.05, 0) is 37.7 Å². The van der Waals surface area contributed by atoms with Crippen molar-refractivity contribution in [3.8, 4) is 11.3 Å². The Kier molecular flexibility index (Phi) is 5.67. The number of anilines is 1. The highest BCUT2D eigenvalue weighted by Gasteiger charge is 2.29. The molecular weight excluding hydrogens is 418 g/mol. The monoisotopic (exact) mass is 443 g/mol. The summed E-state index contributed by atoms with van der Waals surface area (Å²) in [4.78, 5) is 27.2. The first-order valence-corrected chi connectivity index (χ1v) is 11.6. The number of hydrogen-bond donors (Lipinski definition) is 2. The second kappa shape index (κ2) is 8.27. The zero-order valence-corrected chi connectivity index (χ0v) is 18.3. The van der Waals surface area contributed by atoms with E-state index in [-0.39, 0.29) is 11.5 Å². The lowest BCUT2D eigenvalue weighted by atomic mass is 9.99. The molecule has 9 nitrogen and oxygen atoms in total. The van der Waals surface area contributed by atoms with Crippen molar-refractivity contribution in [1.82, 2.24) is 19.2 Å². The van der Waals surface area contributed by atoms with Gasteiger partial charge in [-0.1, -0.05) is 23.8 Å². The van der Waals surface area contributed by atoms with E-state index in [9.17, 15) is 18.0 Å². The first kappa shape index (κ1) is 21.3. The Hall–Kier alpha value is -2.98. The van der Waals surface area contributed by atoms with Gasteiger partial charge in [-0.25, -0.2) is 4.72 Å². The van der Waals surface area contributed by atoms with E-state index in [1.807, 2.05) is 4.72 Å². The van der Waals surface area contributed by atoms with Gasteiger partial charge in [-0.2, -0.15) is 17.8 Å². The molecule has 1 aliphatic heterocycles. The molecule has 1 aliphatic carbocycles. The van der Waals surface area contributed by atoms with Crippen molar-refractivity contribution in [3.63, 3.8) is 0 Å². The van der Waals surface area contributed by atoms with Crippen molar-refractivity contribution in [2.45, 2.75) is 25.7 Å². The maximum atomic E-state index is 12.8. The molecule has 1 saturated carbocycles. The lowest BCUT2D eigenvalue weighted by molar-refractivity contribution is -0.114. The van der Waals surface area contributed by atoms with Crippen LogP contribution in [0.4, 0.5) is 5.69 Å². The lowest BCUT2D eigenvalue weighted by Crippen LogP contribution is -2.39. The van der Waals surface area contributed by atoms with Crippen LogP contribution in [0.2, 0.25) is 0 Å². The van der Waals surface area contributed by atoms with Crippen molar-refractivity contribution < 1.29 is 18.0 Å². The van der Waals surface area contributed by atoms with E-state index in [4.69, 9.17) is 0 Å². The number of nitrogens with zero attached hydrogens (tertiary/aromatic N) is 3. The summed E-state index contributed by atoms with van der Waals surface area (Å²) in [7, 11) is -1.28. The third-order valence-electron chi connectivity index (χ3n) is 5.55. The normalized spacial score (nSPS) is 17.1. The molecule has 0 unspecified atom stereocenters. The second-order valence-corrected chi connectivity index (χ2v) is 9.97. The number of carbonyl (C=O) groups is 2. The van der Waals surface area contributed by atoms with Crippen molar-refractivity contribution in [2.75, 3.05) is 25.5 Å². The zero-order chi connectivity index (χ0) is 22.2. The zero-order valence-electron chi connectivity index (χ0n) is 17.5.